The summed E-state index contributed by atoms with van der Waals surface area (Å²) in [5.41, 5.74) is 1.35. The van der Waals surface area contributed by atoms with Crippen molar-refractivity contribution in [2.45, 2.75) is 33.0 Å². The fourth-order valence-electron chi connectivity index (χ4n) is 3.60. The minimum absolute atomic E-state index is 0.0295. The van der Waals surface area contributed by atoms with E-state index in [4.69, 9.17) is 4.42 Å². The number of phenols is 1. The van der Waals surface area contributed by atoms with Gasteiger partial charge in [-0.3, -0.25) is 10.1 Å². The fourth-order valence-corrected chi connectivity index (χ4v) is 3.60. The standard InChI is InChI=1S/C23H22N4O4/c1-15(2)26(13-20-19-9-4-3-6-16(19)10-11-21(20)28)14-22-24-25-23(31-22)17-7-5-8-18(12-17)27(29)30/h3-12,15,28H,13-14H2,1-2H3/p+1. The van der Waals surface area contributed by atoms with E-state index in [1.807, 2.05) is 30.3 Å². The van der Waals surface area contributed by atoms with Crippen molar-refractivity contribution in [1.29, 1.82) is 0 Å². The van der Waals surface area contributed by atoms with Crippen molar-refractivity contribution in [3.63, 3.8) is 0 Å². The van der Waals surface area contributed by atoms with E-state index in [1.165, 1.54) is 12.1 Å². The van der Waals surface area contributed by atoms with Gasteiger partial charge in [-0.1, -0.05) is 36.4 Å². The van der Waals surface area contributed by atoms with E-state index in [9.17, 15) is 15.2 Å². The molecule has 8 nitrogen and oxygen atoms in total. The molecule has 2 N–H and O–H groups in total. The van der Waals surface area contributed by atoms with E-state index in [-0.39, 0.29) is 23.4 Å². The van der Waals surface area contributed by atoms with Gasteiger partial charge in [-0.15, -0.1) is 10.2 Å². The van der Waals surface area contributed by atoms with Crippen LogP contribution in [0.2, 0.25) is 0 Å². The highest BCUT2D eigenvalue weighted by molar-refractivity contribution is 5.87. The molecule has 0 saturated carbocycles. The first-order chi connectivity index (χ1) is 14.9. The molecule has 0 aliphatic heterocycles. The number of aromatic hydroxyl groups is 1. The maximum Gasteiger partial charge on any atom is 0.271 e. The van der Waals surface area contributed by atoms with Gasteiger partial charge in [0.2, 0.25) is 5.89 Å². The maximum absolute atomic E-state index is 11.0. The van der Waals surface area contributed by atoms with Crippen LogP contribution in [-0.2, 0) is 13.1 Å². The van der Waals surface area contributed by atoms with Crippen LogP contribution in [0.3, 0.4) is 0 Å². The minimum atomic E-state index is -0.456. The lowest BCUT2D eigenvalue weighted by Crippen LogP contribution is -3.12. The van der Waals surface area contributed by atoms with E-state index in [0.717, 1.165) is 21.2 Å². The largest absolute Gasteiger partial charge is 0.507 e. The van der Waals surface area contributed by atoms with Crippen LogP contribution in [0.25, 0.3) is 22.2 Å². The second-order valence-electron chi connectivity index (χ2n) is 7.76. The van der Waals surface area contributed by atoms with Gasteiger partial charge < -0.3 is 14.4 Å². The van der Waals surface area contributed by atoms with Crippen LogP contribution in [0.1, 0.15) is 25.3 Å². The Morgan fingerprint density at radius 1 is 1.06 bits per heavy atom. The Morgan fingerprint density at radius 2 is 1.87 bits per heavy atom. The highest BCUT2D eigenvalue weighted by atomic mass is 16.6. The molecule has 1 atom stereocenters. The number of hydrogen-bond donors (Lipinski definition) is 2. The second-order valence-corrected chi connectivity index (χ2v) is 7.76. The van der Waals surface area contributed by atoms with E-state index >= 15 is 0 Å². The number of nitro benzene ring substituents is 1. The van der Waals surface area contributed by atoms with Gasteiger partial charge in [0, 0.05) is 17.7 Å². The van der Waals surface area contributed by atoms with Crippen molar-refractivity contribution in [1.82, 2.24) is 10.2 Å². The summed E-state index contributed by atoms with van der Waals surface area (Å²) in [6.45, 7) is 5.23. The molecule has 3 aromatic carbocycles. The fraction of sp³-hybridized carbons (Fsp3) is 0.217. The summed E-state index contributed by atoms with van der Waals surface area (Å²) in [5, 5.41) is 31.8. The number of aromatic nitrogens is 2. The average Bonchev–Trinajstić information content (AvgIpc) is 3.23. The number of quaternary nitrogens is 1. The molecule has 0 aliphatic carbocycles. The quantitative estimate of drug-likeness (QED) is 0.351. The van der Waals surface area contributed by atoms with E-state index in [1.54, 1.807) is 18.2 Å². The van der Waals surface area contributed by atoms with Gasteiger partial charge in [-0.2, -0.15) is 0 Å². The molecule has 0 fully saturated rings. The Hall–Kier alpha value is -3.78. The van der Waals surface area contributed by atoms with Crippen molar-refractivity contribution in [3.05, 3.63) is 82.2 Å². The molecule has 1 heterocycles. The van der Waals surface area contributed by atoms with Crippen LogP contribution < -0.4 is 4.90 Å². The Kier molecular flexibility index (Phi) is 5.64. The molecule has 8 heteroatoms. The molecule has 1 unspecified atom stereocenters. The van der Waals surface area contributed by atoms with Crippen molar-refractivity contribution in [2.24, 2.45) is 0 Å². The number of benzene rings is 3. The van der Waals surface area contributed by atoms with Gasteiger partial charge in [0.05, 0.1) is 16.5 Å². The lowest BCUT2D eigenvalue weighted by atomic mass is 10.0. The number of nitrogens with zero attached hydrogens (tertiary/aromatic N) is 3. The normalized spacial score (nSPS) is 12.4. The number of nitro groups is 1. The number of phenolic OH excluding ortho intramolecular Hbond substituents is 1. The Morgan fingerprint density at radius 3 is 2.65 bits per heavy atom. The average molecular weight is 419 g/mol. The van der Waals surface area contributed by atoms with Crippen molar-refractivity contribution in [3.8, 4) is 17.2 Å². The van der Waals surface area contributed by atoms with Crippen molar-refractivity contribution in [2.75, 3.05) is 0 Å². The number of hydrogen-bond acceptors (Lipinski definition) is 6. The summed E-state index contributed by atoms with van der Waals surface area (Å²) < 4.78 is 5.81. The number of fused-ring (bicyclic) bond motifs is 1. The highest BCUT2D eigenvalue weighted by Gasteiger charge is 2.22. The number of non-ortho nitro benzene ring substituents is 1. The molecule has 0 bridgehead atoms. The summed E-state index contributed by atoms with van der Waals surface area (Å²) >= 11 is 0. The lowest BCUT2D eigenvalue weighted by molar-refractivity contribution is -0.949. The molecule has 0 saturated heterocycles. The van der Waals surface area contributed by atoms with Gasteiger partial charge in [0.15, 0.2) is 6.54 Å². The van der Waals surface area contributed by atoms with E-state index in [2.05, 4.69) is 24.0 Å². The predicted octanol–water partition coefficient (Wildman–Crippen LogP) is 3.50. The summed E-state index contributed by atoms with van der Waals surface area (Å²) in [6.07, 6.45) is 0. The first-order valence-electron chi connectivity index (χ1n) is 10.0. The lowest BCUT2D eigenvalue weighted by Gasteiger charge is -2.23. The van der Waals surface area contributed by atoms with Crippen molar-refractivity contribution >= 4 is 16.5 Å². The van der Waals surface area contributed by atoms with Crippen LogP contribution in [0.15, 0.2) is 65.1 Å². The predicted molar refractivity (Wildman–Crippen MR) is 116 cm³/mol. The van der Waals surface area contributed by atoms with Gasteiger partial charge in [0.25, 0.3) is 11.6 Å². The molecule has 0 radical (unpaired) electrons. The van der Waals surface area contributed by atoms with Gasteiger partial charge in [-0.25, -0.2) is 0 Å². The van der Waals surface area contributed by atoms with E-state index < -0.39 is 4.92 Å². The van der Waals surface area contributed by atoms with E-state index in [0.29, 0.717) is 24.5 Å². The zero-order valence-electron chi connectivity index (χ0n) is 17.3. The minimum Gasteiger partial charge on any atom is -0.507 e. The Bertz CT molecular complexity index is 1240. The van der Waals surface area contributed by atoms with Gasteiger partial charge in [0.1, 0.15) is 12.3 Å². The third kappa shape index (κ3) is 4.39. The summed E-state index contributed by atoms with van der Waals surface area (Å²) in [6, 6.07) is 18.0. The van der Waals surface area contributed by atoms with Gasteiger partial charge >= 0.3 is 0 Å². The molecule has 0 spiro atoms. The van der Waals surface area contributed by atoms with Crippen LogP contribution in [-0.4, -0.2) is 26.3 Å². The molecule has 31 heavy (non-hydrogen) atoms. The maximum atomic E-state index is 11.0. The third-order valence-electron chi connectivity index (χ3n) is 5.39. The molecule has 158 valence electrons. The molecular formula is C23H23N4O4+. The third-order valence-corrected chi connectivity index (χ3v) is 5.39. The summed E-state index contributed by atoms with van der Waals surface area (Å²) in [5.74, 6) is 0.944. The molecule has 4 rings (SSSR count). The van der Waals surface area contributed by atoms with Crippen molar-refractivity contribution < 1.29 is 19.3 Å². The smallest absolute Gasteiger partial charge is 0.271 e. The molecular weight excluding hydrogens is 396 g/mol. The first-order valence-corrected chi connectivity index (χ1v) is 10.0. The van der Waals surface area contributed by atoms with Crippen LogP contribution in [0.4, 0.5) is 5.69 Å². The number of nitrogens with one attached hydrogen (secondary N) is 1. The number of rotatable bonds is 7. The molecule has 0 aliphatic rings. The van der Waals surface area contributed by atoms with Crippen LogP contribution >= 0.6 is 0 Å². The van der Waals surface area contributed by atoms with Crippen LogP contribution in [0, 0.1) is 10.1 Å². The molecule has 4 aromatic rings. The van der Waals surface area contributed by atoms with Crippen LogP contribution in [0.5, 0.6) is 5.75 Å². The Balaban J connectivity index is 1.59. The monoisotopic (exact) mass is 419 g/mol. The molecule has 0 amide bonds. The molecule has 1 aromatic heterocycles. The highest BCUT2D eigenvalue weighted by Crippen LogP contribution is 2.27. The summed E-state index contributed by atoms with van der Waals surface area (Å²) in [7, 11) is 0. The topological polar surface area (TPSA) is 107 Å². The van der Waals surface area contributed by atoms with Gasteiger partial charge in [-0.05, 0) is 36.8 Å². The Labute approximate surface area is 178 Å². The second kappa shape index (κ2) is 8.53. The zero-order chi connectivity index (χ0) is 22.0. The SMILES string of the molecule is CC(C)[NH+](Cc1nnc(-c2cccc([N+](=O)[O-])c2)o1)Cc1c(O)ccc2ccccc12. The summed E-state index contributed by atoms with van der Waals surface area (Å²) in [4.78, 5) is 11.7. The first kappa shape index (κ1) is 20.5. The zero-order valence-corrected chi connectivity index (χ0v) is 17.3.